The Kier molecular flexibility index (Phi) is 7.62. The van der Waals surface area contributed by atoms with Gasteiger partial charge in [-0.3, -0.25) is 14.6 Å². The molecule has 42 heavy (non-hydrogen) atoms. The number of hydrogen-bond donors (Lipinski definition) is 2. The molecule has 1 saturated heterocycles. The number of ether oxygens (including phenoxy) is 1. The fraction of sp³-hybridized carbons (Fsp3) is 0.226. The highest BCUT2D eigenvalue weighted by atomic mass is 35.5. The molecule has 0 saturated carbocycles. The Bertz CT molecular complexity index is 1690. The maximum absolute atomic E-state index is 13.7. The zero-order chi connectivity index (χ0) is 29.2. The summed E-state index contributed by atoms with van der Waals surface area (Å²) < 4.78 is 21.3. The summed E-state index contributed by atoms with van der Waals surface area (Å²) >= 11 is 6.19. The molecule has 4 aromatic rings. The number of anilines is 1. The van der Waals surface area contributed by atoms with Crippen LogP contribution in [0.25, 0.3) is 16.8 Å². The van der Waals surface area contributed by atoms with Crippen molar-refractivity contribution in [1.29, 1.82) is 0 Å². The van der Waals surface area contributed by atoms with Crippen LogP contribution in [-0.4, -0.2) is 64.5 Å². The summed E-state index contributed by atoms with van der Waals surface area (Å²) in [6.07, 6.45) is 5.22. The maximum Gasteiger partial charge on any atom is 0.257 e. The number of hydrogen-bond acceptors (Lipinski definition) is 6. The van der Waals surface area contributed by atoms with Crippen LogP contribution in [0.2, 0.25) is 5.02 Å². The third kappa shape index (κ3) is 5.58. The molecule has 2 unspecified atom stereocenters. The lowest BCUT2D eigenvalue weighted by molar-refractivity contribution is -0.124. The van der Waals surface area contributed by atoms with Gasteiger partial charge < -0.3 is 20.7 Å². The van der Waals surface area contributed by atoms with Gasteiger partial charge in [-0.2, -0.15) is 5.10 Å². The molecule has 11 heteroatoms. The SMILES string of the molecule is Nc1cccc2c1C=NCCCNC(=O)C1CC(CN1C(=O)c1cnn(-c3ccc(F)cc3Cl)c1)Oc1cccc-2c1. The number of benzene rings is 3. The summed E-state index contributed by atoms with van der Waals surface area (Å²) in [4.78, 5) is 33.1. The molecule has 214 valence electrons. The summed E-state index contributed by atoms with van der Waals surface area (Å²) in [6.45, 7) is 1.10. The fourth-order valence-corrected chi connectivity index (χ4v) is 5.57. The normalized spacial score (nSPS) is 18.7. The third-order valence-corrected chi connectivity index (χ3v) is 7.69. The van der Waals surface area contributed by atoms with Gasteiger partial charge >= 0.3 is 0 Å². The van der Waals surface area contributed by atoms with Crippen molar-refractivity contribution < 1.29 is 18.7 Å². The largest absolute Gasteiger partial charge is 0.488 e. The maximum atomic E-state index is 13.7. The van der Waals surface area contributed by atoms with E-state index in [1.165, 1.54) is 40.2 Å². The Balaban J connectivity index is 1.29. The number of nitrogens with two attached hydrogens (primary N) is 1. The summed E-state index contributed by atoms with van der Waals surface area (Å²) in [6, 6.07) is 16.6. The van der Waals surface area contributed by atoms with Gasteiger partial charge in [0.1, 0.15) is 23.7 Å². The number of carbonyl (C=O) groups is 2. The first-order valence-corrected chi connectivity index (χ1v) is 14.0. The summed E-state index contributed by atoms with van der Waals surface area (Å²) in [5.41, 5.74) is 10.3. The number of likely N-dealkylation sites (tertiary alicyclic amines) is 1. The van der Waals surface area contributed by atoms with Gasteiger partial charge in [-0.25, -0.2) is 9.07 Å². The van der Waals surface area contributed by atoms with Crippen molar-refractivity contribution in [3.05, 3.63) is 95.0 Å². The number of fused-ring (bicyclic) bond motifs is 6. The monoisotopic (exact) mass is 586 g/mol. The molecule has 1 fully saturated rings. The Morgan fingerprint density at radius 3 is 2.86 bits per heavy atom. The Morgan fingerprint density at radius 1 is 1.14 bits per heavy atom. The second-order valence-electron chi connectivity index (χ2n) is 10.2. The van der Waals surface area contributed by atoms with Gasteiger partial charge in [0.15, 0.2) is 0 Å². The molecule has 0 spiro atoms. The first-order valence-electron chi connectivity index (χ1n) is 13.6. The predicted octanol–water partition coefficient (Wildman–Crippen LogP) is 4.51. The van der Waals surface area contributed by atoms with Crippen molar-refractivity contribution in [3.63, 3.8) is 0 Å². The van der Waals surface area contributed by atoms with E-state index in [0.717, 1.165) is 16.7 Å². The van der Waals surface area contributed by atoms with E-state index in [0.29, 0.717) is 43.1 Å². The van der Waals surface area contributed by atoms with E-state index in [2.05, 4.69) is 15.4 Å². The molecule has 3 aromatic carbocycles. The molecular weight excluding hydrogens is 559 g/mol. The molecule has 1 aromatic heterocycles. The fourth-order valence-electron chi connectivity index (χ4n) is 5.32. The van der Waals surface area contributed by atoms with E-state index in [-0.39, 0.29) is 28.9 Å². The minimum Gasteiger partial charge on any atom is -0.488 e. The predicted molar refractivity (Wildman–Crippen MR) is 159 cm³/mol. The quantitative estimate of drug-likeness (QED) is 0.335. The molecule has 6 rings (SSSR count). The second kappa shape index (κ2) is 11.7. The van der Waals surface area contributed by atoms with Gasteiger partial charge in [0.2, 0.25) is 5.91 Å². The van der Waals surface area contributed by atoms with E-state index in [4.69, 9.17) is 22.1 Å². The smallest absolute Gasteiger partial charge is 0.257 e. The van der Waals surface area contributed by atoms with Crippen LogP contribution in [0.3, 0.4) is 0 Å². The van der Waals surface area contributed by atoms with Crippen molar-refractivity contribution in [2.75, 3.05) is 25.4 Å². The lowest BCUT2D eigenvalue weighted by atomic mass is 9.98. The molecule has 3 heterocycles. The van der Waals surface area contributed by atoms with Gasteiger partial charge in [0, 0.05) is 43.2 Å². The van der Waals surface area contributed by atoms with Crippen molar-refractivity contribution in [1.82, 2.24) is 20.0 Å². The zero-order valence-electron chi connectivity index (χ0n) is 22.5. The van der Waals surface area contributed by atoms with Crippen molar-refractivity contribution in [2.24, 2.45) is 4.99 Å². The van der Waals surface area contributed by atoms with Crippen molar-refractivity contribution in [3.8, 4) is 22.6 Å². The third-order valence-electron chi connectivity index (χ3n) is 7.38. The number of carbonyl (C=O) groups excluding carboxylic acids is 2. The van der Waals surface area contributed by atoms with Gasteiger partial charge in [0.25, 0.3) is 5.91 Å². The van der Waals surface area contributed by atoms with Crippen LogP contribution in [-0.2, 0) is 4.79 Å². The number of halogens is 2. The van der Waals surface area contributed by atoms with Crippen LogP contribution in [0.1, 0.15) is 28.8 Å². The van der Waals surface area contributed by atoms with Crippen LogP contribution in [0.15, 0.2) is 78.0 Å². The van der Waals surface area contributed by atoms with Gasteiger partial charge in [-0.05, 0) is 53.9 Å². The van der Waals surface area contributed by atoms with Crippen LogP contribution in [0, 0.1) is 5.82 Å². The number of nitrogen functional groups attached to an aromatic ring is 1. The van der Waals surface area contributed by atoms with E-state index >= 15 is 0 Å². The van der Waals surface area contributed by atoms with Crippen LogP contribution in [0.5, 0.6) is 5.75 Å². The number of aliphatic imine (C=N–C) groups is 1. The highest BCUT2D eigenvalue weighted by Crippen LogP contribution is 2.32. The molecule has 2 aliphatic heterocycles. The van der Waals surface area contributed by atoms with Gasteiger partial charge in [-0.1, -0.05) is 35.9 Å². The molecule has 9 nitrogen and oxygen atoms in total. The Morgan fingerprint density at radius 2 is 2.00 bits per heavy atom. The van der Waals surface area contributed by atoms with E-state index in [1.54, 1.807) is 6.21 Å². The minimum absolute atomic E-state index is 0.157. The number of nitrogens with zero attached hydrogens (tertiary/aromatic N) is 4. The standard InChI is InChI=1S/C31H28ClFN6O3/c32-26-13-21(33)8-9-28(26)39-17-20(15-37-39)31(41)38-18-23-14-29(38)30(40)36-11-3-10-35-16-25-24(6-2-7-27(25)34)19-4-1-5-22(12-19)42-23/h1-2,4-9,12-13,15-17,23,29H,3,10-11,14,18,34H2,(H,36,40). The average Bonchev–Trinajstić information content (AvgIpc) is 3.63. The molecule has 2 amide bonds. The summed E-state index contributed by atoms with van der Waals surface area (Å²) in [7, 11) is 0. The lowest BCUT2D eigenvalue weighted by Gasteiger charge is -2.23. The number of amides is 2. The summed E-state index contributed by atoms with van der Waals surface area (Å²) in [5, 5.41) is 7.36. The van der Waals surface area contributed by atoms with E-state index < -0.39 is 18.0 Å². The molecule has 3 N–H and O–H groups in total. The van der Waals surface area contributed by atoms with Crippen molar-refractivity contribution in [2.45, 2.75) is 25.0 Å². The second-order valence-corrected chi connectivity index (χ2v) is 10.6. The molecule has 0 aliphatic carbocycles. The van der Waals surface area contributed by atoms with Crippen molar-refractivity contribution >= 4 is 35.3 Å². The zero-order valence-corrected chi connectivity index (χ0v) is 23.3. The highest BCUT2D eigenvalue weighted by molar-refractivity contribution is 6.32. The average molecular weight is 587 g/mol. The molecule has 4 bridgehead atoms. The first kappa shape index (κ1) is 27.5. The molecule has 0 radical (unpaired) electrons. The van der Waals surface area contributed by atoms with Gasteiger partial charge in [0.05, 0.1) is 29.0 Å². The van der Waals surface area contributed by atoms with Crippen LogP contribution in [0.4, 0.5) is 10.1 Å². The number of rotatable bonds is 2. The van der Waals surface area contributed by atoms with Crippen LogP contribution < -0.4 is 15.8 Å². The van der Waals surface area contributed by atoms with Crippen LogP contribution >= 0.6 is 11.6 Å². The highest BCUT2D eigenvalue weighted by Gasteiger charge is 2.41. The number of nitrogens with one attached hydrogen (secondary N) is 1. The number of aromatic nitrogens is 2. The minimum atomic E-state index is -0.736. The first-order chi connectivity index (χ1) is 20.4. The molecule has 2 atom stereocenters. The topological polar surface area (TPSA) is 115 Å². The lowest BCUT2D eigenvalue weighted by Crippen LogP contribution is -2.46. The van der Waals surface area contributed by atoms with E-state index in [9.17, 15) is 14.0 Å². The Hall–Kier alpha value is -4.70. The molecular formula is C31H28ClFN6O3. The van der Waals surface area contributed by atoms with Gasteiger partial charge in [-0.15, -0.1) is 0 Å². The van der Waals surface area contributed by atoms with E-state index in [1.807, 2.05) is 42.5 Å². The summed E-state index contributed by atoms with van der Waals surface area (Å²) in [5.74, 6) is -0.493. The molecule has 2 aliphatic rings. The Labute approximate surface area is 246 Å².